The lowest BCUT2D eigenvalue weighted by Gasteiger charge is -2.34. The number of halogens is 3. The van der Waals surface area contributed by atoms with Crippen LogP contribution in [-0.4, -0.2) is 46.3 Å². The summed E-state index contributed by atoms with van der Waals surface area (Å²) in [6.07, 6.45) is 1.64. The third-order valence-corrected chi connectivity index (χ3v) is 7.65. The Kier molecular flexibility index (Phi) is 6.10. The van der Waals surface area contributed by atoms with Crippen molar-refractivity contribution in [2.75, 3.05) is 25.0 Å². The molecule has 0 radical (unpaired) electrons. The highest BCUT2D eigenvalue weighted by Crippen LogP contribution is 2.42. The van der Waals surface area contributed by atoms with Crippen LogP contribution in [0.4, 0.5) is 18.9 Å². The number of alkyl halides is 3. The Morgan fingerprint density at radius 1 is 1.26 bits per heavy atom. The molecule has 2 heterocycles. The van der Waals surface area contributed by atoms with E-state index < -0.39 is 17.8 Å². The summed E-state index contributed by atoms with van der Waals surface area (Å²) in [5.41, 5.74) is 7.02. The Bertz CT molecular complexity index is 1120. The normalized spacial score (nSPS) is 22.6. The molecule has 0 spiro atoms. The summed E-state index contributed by atoms with van der Waals surface area (Å²) in [5.74, 6) is 0.237. The molecular formula is C26H34F3N5O. The van der Waals surface area contributed by atoms with Crippen LogP contribution >= 0.6 is 0 Å². The molecule has 2 fully saturated rings. The maximum absolute atomic E-state index is 13.8. The first-order valence-electron chi connectivity index (χ1n) is 12.6. The van der Waals surface area contributed by atoms with Gasteiger partial charge < -0.3 is 16.0 Å². The van der Waals surface area contributed by atoms with E-state index >= 15 is 0 Å². The number of hydrogen-bond acceptors (Lipinski definition) is 4. The summed E-state index contributed by atoms with van der Waals surface area (Å²) in [7, 11) is 0. The molecule has 5 rings (SSSR count). The molecule has 6 nitrogen and oxygen atoms in total. The van der Waals surface area contributed by atoms with Gasteiger partial charge in [0.15, 0.2) is 5.69 Å². The van der Waals surface area contributed by atoms with Crippen LogP contribution in [0, 0.1) is 11.3 Å². The second kappa shape index (κ2) is 8.84. The zero-order valence-electron chi connectivity index (χ0n) is 20.4. The summed E-state index contributed by atoms with van der Waals surface area (Å²) in [5, 5.41) is 7.54. The number of nitrogens with zero attached hydrogens (tertiary/aromatic N) is 3. The number of aromatic nitrogens is 2. The zero-order chi connectivity index (χ0) is 25.0. The van der Waals surface area contributed by atoms with Crippen LogP contribution in [0.5, 0.6) is 0 Å². The molecule has 190 valence electrons. The molecule has 1 saturated heterocycles. The number of piperidine rings is 1. The minimum absolute atomic E-state index is 0.116. The van der Waals surface area contributed by atoms with Gasteiger partial charge in [0.1, 0.15) is 0 Å². The molecule has 9 heteroatoms. The van der Waals surface area contributed by atoms with Crippen molar-refractivity contribution >= 4 is 11.6 Å². The molecule has 1 unspecified atom stereocenters. The summed E-state index contributed by atoms with van der Waals surface area (Å²) in [4.78, 5) is 14.6. The van der Waals surface area contributed by atoms with E-state index in [-0.39, 0.29) is 17.0 Å². The van der Waals surface area contributed by atoms with Gasteiger partial charge in [-0.25, -0.2) is 4.68 Å². The fourth-order valence-electron chi connectivity index (χ4n) is 5.60. The topological polar surface area (TPSA) is 76.2 Å². The fourth-order valence-corrected chi connectivity index (χ4v) is 5.60. The molecular weight excluding hydrogens is 455 g/mol. The molecule has 1 amide bonds. The molecule has 3 N–H and O–H groups in total. The number of anilines is 1. The molecule has 1 aliphatic heterocycles. The lowest BCUT2D eigenvalue weighted by atomic mass is 9.76. The highest BCUT2D eigenvalue weighted by Gasteiger charge is 2.42. The van der Waals surface area contributed by atoms with Gasteiger partial charge in [0, 0.05) is 36.1 Å². The number of nitrogens with two attached hydrogens (primary N) is 1. The first kappa shape index (κ1) is 24.2. The second-order valence-electron chi connectivity index (χ2n) is 11.3. The number of primary amides is 1. The van der Waals surface area contributed by atoms with Crippen molar-refractivity contribution in [3.8, 4) is 5.69 Å². The SMILES string of the molecule is CC1(C)CCc2c(C(F)(F)F)nn(-c3ccc(C(N)=O)c(NC4CCCN(CC5CC5)C4)c3)c2C1. The van der Waals surface area contributed by atoms with Crippen LogP contribution in [0.2, 0.25) is 0 Å². The van der Waals surface area contributed by atoms with Gasteiger partial charge in [-0.2, -0.15) is 18.3 Å². The fraction of sp³-hybridized carbons (Fsp3) is 0.615. The van der Waals surface area contributed by atoms with Gasteiger partial charge >= 0.3 is 6.18 Å². The van der Waals surface area contributed by atoms with Gasteiger partial charge in [0.2, 0.25) is 0 Å². The van der Waals surface area contributed by atoms with Crippen LogP contribution in [0.3, 0.4) is 0 Å². The molecule has 1 aromatic heterocycles. The lowest BCUT2D eigenvalue weighted by Crippen LogP contribution is -2.43. The summed E-state index contributed by atoms with van der Waals surface area (Å²) in [6.45, 7) is 7.20. The van der Waals surface area contributed by atoms with Gasteiger partial charge in [-0.05, 0) is 81.0 Å². The van der Waals surface area contributed by atoms with Crippen molar-refractivity contribution in [3.05, 3.63) is 40.7 Å². The predicted octanol–water partition coefficient (Wildman–Crippen LogP) is 4.79. The van der Waals surface area contributed by atoms with Crippen LogP contribution in [0.1, 0.15) is 73.3 Å². The van der Waals surface area contributed by atoms with E-state index in [1.807, 2.05) is 0 Å². The third-order valence-electron chi connectivity index (χ3n) is 7.65. The largest absolute Gasteiger partial charge is 0.435 e. The van der Waals surface area contributed by atoms with E-state index in [1.165, 1.54) is 17.5 Å². The standard InChI is InChI=1S/C26H34F3N5O/c1-25(2)10-9-20-22(13-25)34(32-23(20)26(27,28)29)18-7-8-19(24(30)35)21(12-18)31-17-4-3-11-33(15-17)14-16-5-6-16/h7-8,12,16-17,31H,3-6,9-11,13-15H2,1-2H3,(H2,30,35). The number of fused-ring (bicyclic) bond motifs is 1. The van der Waals surface area contributed by atoms with Gasteiger partial charge in [0.05, 0.1) is 11.3 Å². The Morgan fingerprint density at radius 3 is 2.71 bits per heavy atom. The van der Waals surface area contributed by atoms with Crippen molar-refractivity contribution in [1.82, 2.24) is 14.7 Å². The average Bonchev–Trinajstić information content (AvgIpc) is 3.50. The summed E-state index contributed by atoms with van der Waals surface area (Å²) < 4.78 is 42.9. The quantitative estimate of drug-likeness (QED) is 0.612. The molecule has 1 saturated carbocycles. The number of benzene rings is 1. The third kappa shape index (κ3) is 5.20. The molecule has 1 aromatic carbocycles. The minimum Gasteiger partial charge on any atom is -0.380 e. The van der Waals surface area contributed by atoms with E-state index in [0.29, 0.717) is 41.9 Å². The van der Waals surface area contributed by atoms with E-state index in [1.54, 1.807) is 18.2 Å². The molecule has 2 aliphatic carbocycles. The van der Waals surface area contributed by atoms with Crippen LogP contribution in [-0.2, 0) is 19.0 Å². The number of nitrogens with one attached hydrogen (secondary N) is 1. The van der Waals surface area contributed by atoms with E-state index in [2.05, 4.69) is 29.2 Å². The van der Waals surface area contributed by atoms with Gasteiger partial charge in [-0.1, -0.05) is 13.8 Å². The van der Waals surface area contributed by atoms with Crippen molar-refractivity contribution in [2.45, 2.75) is 71.0 Å². The molecule has 0 bridgehead atoms. The number of hydrogen-bond donors (Lipinski definition) is 2. The second-order valence-corrected chi connectivity index (χ2v) is 11.3. The Morgan fingerprint density at radius 2 is 2.03 bits per heavy atom. The van der Waals surface area contributed by atoms with Crippen LogP contribution < -0.4 is 11.1 Å². The van der Waals surface area contributed by atoms with Gasteiger partial charge in [-0.3, -0.25) is 4.79 Å². The monoisotopic (exact) mass is 489 g/mol. The Labute approximate surface area is 204 Å². The maximum atomic E-state index is 13.8. The minimum atomic E-state index is -4.52. The van der Waals surface area contributed by atoms with Crippen molar-refractivity contribution in [3.63, 3.8) is 0 Å². The van der Waals surface area contributed by atoms with Crippen molar-refractivity contribution in [1.29, 1.82) is 0 Å². The molecule has 1 atom stereocenters. The number of amides is 1. The van der Waals surface area contributed by atoms with Crippen LogP contribution in [0.25, 0.3) is 5.69 Å². The predicted molar refractivity (Wildman–Crippen MR) is 129 cm³/mol. The molecule has 2 aromatic rings. The highest BCUT2D eigenvalue weighted by molar-refractivity contribution is 5.99. The van der Waals surface area contributed by atoms with Crippen LogP contribution in [0.15, 0.2) is 18.2 Å². The number of rotatable bonds is 6. The average molecular weight is 490 g/mol. The Hall–Kier alpha value is -2.55. The summed E-state index contributed by atoms with van der Waals surface area (Å²) >= 11 is 0. The van der Waals surface area contributed by atoms with E-state index in [0.717, 1.165) is 38.4 Å². The first-order chi connectivity index (χ1) is 16.5. The molecule has 35 heavy (non-hydrogen) atoms. The highest BCUT2D eigenvalue weighted by atomic mass is 19.4. The number of carbonyl (C=O) groups excluding carboxylic acids is 1. The van der Waals surface area contributed by atoms with Gasteiger partial charge in [0.25, 0.3) is 5.91 Å². The zero-order valence-corrected chi connectivity index (χ0v) is 20.4. The van der Waals surface area contributed by atoms with Crippen molar-refractivity contribution < 1.29 is 18.0 Å². The first-order valence-corrected chi connectivity index (χ1v) is 12.6. The van der Waals surface area contributed by atoms with Crippen molar-refractivity contribution in [2.24, 2.45) is 17.1 Å². The summed E-state index contributed by atoms with van der Waals surface area (Å²) in [6, 6.07) is 5.11. The number of carbonyl (C=O) groups is 1. The number of likely N-dealkylation sites (tertiary alicyclic amines) is 1. The van der Waals surface area contributed by atoms with E-state index in [9.17, 15) is 18.0 Å². The molecule has 3 aliphatic rings. The maximum Gasteiger partial charge on any atom is 0.435 e. The van der Waals surface area contributed by atoms with E-state index in [4.69, 9.17) is 5.73 Å². The van der Waals surface area contributed by atoms with Gasteiger partial charge in [-0.15, -0.1) is 0 Å². The Balaban J connectivity index is 1.49. The smallest absolute Gasteiger partial charge is 0.380 e. The lowest BCUT2D eigenvalue weighted by molar-refractivity contribution is -0.142.